The van der Waals surface area contributed by atoms with Crippen molar-refractivity contribution < 1.29 is 9.37 Å². The van der Waals surface area contributed by atoms with E-state index in [1.165, 1.54) is 17.5 Å². The van der Waals surface area contributed by atoms with Gasteiger partial charge in [0.25, 0.3) is 5.91 Å². The van der Waals surface area contributed by atoms with Crippen LogP contribution >= 0.6 is 0 Å². The molecule has 0 spiro atoms. The number of amides is 1. The first-order chi connectivity index (χ1) is 14.4. The molecule has 2 fully saturated rings. The molecule has 1 heterocycles. The number of carbonyl (C=O) groups excluding carboxylic acids is 1. The van der Waals surface area contributed by atoms with Crippen molar-refractivity contribution in [2.75, 3.05) is 7.05 Å². The van der Waals surface area contributed by atoms with Crippen molar-refractivity contribution in [2.45, 2.75) is 56.7 Å². The van der Waals surface area contributed by atoms with Crippen molar-refractivity contribution in [3.63, 3.8) is 0 Å². The van der Waals surface area contributed by atoms with Gasteiger partial charge in [0.1, 0.15) is 0 Å². The smallest absolute Gasteiger partial charge is 0.280 e. The summed E-state index contributed by atoms with van der Waals surface area (Å²) >= 11 is 0. The Labute approximate surface area is 179 Å². The third-order valence-corrected chi connectivity index (χ3v) is 7.80. The summed E-state index contributed by atoms with van der Waals surface area (Å²) in [5, 5.41) is 0. The Bertz CT molecular complexity index is 1020. The molecule has 0 radical (unpaired) electrons. The lowest BCUT2D eigenvalue weighted by atomic mass is 9.70. The lowest BCUT2D eigenvalue weighted by Crippen LogP contribution is -2.47. The van der Waals surface area contributed by atoms with Crippen LogP contribution in [0, 0.1) is 5.92 Å². The van der Waals surface area contributed by atoms with Gasteiger partial charge in [0.15, 0.2) is 6.21 Å². The number of likely N-dealkylation sites (N-methyl/N-ethyl adjacent to an activating group) is 1. The van der Waals surface area contributed by atoms with Crippen molar-refractivity contribution in [1.82, 2.24) is 4.90 Å². The van der Waals surface area contributed by atoms with E-state index in [9.17, 15) is 4.79 Å². The SMILES string of the molecule is CN1C(=O)C(Cc2ccccc2)/[N+](=C\[C@]2(c3ccccc3)CC3=CC[C@H]2C3)C1(C)C. The number of hydrogen-bond acceptors (Lipinski definition) is 1. The maximum Gasteiger partial charge on any atom is 0.296 e. The van der Waals surface area contributed by atoms with Crippen LogP contribution in [0.5, 0.6) is 0 Å². The molecule has 0 aromatic heterocycles. The fourth-order valence-corrected chi connectivity index (χ4v) is 5.85. The van der Waals surface area contributed by atoms with Gasteiger partial charge < -0.3 is 0 Å². The van der Waals surface area contributed by atoms with Crippen LogP contribution in [0.4, 0.5) is 0 Å². The van der Waals surface area contributed by atoms with Gasteiger partial charge in [-0.25, -0.2) is 4.58 Å². The fraction of sp³-hybridized carbons (Fsp3) is 0.407. The van der Waals surface area contributed by atoms with Gasteiger partial charge in [-0.15, -0.1) is 0 Å². The molecule has 3 nitrogen and oxygen atoms in total. The van der Waals surface area contributed by atoms with Gasteiger partial charge in [-0.3, -0.25) is 9.69 Å². The quantitative estimate of drug-likeness (QED) is 0.546. The topological polar surface area (TPSA) is 23.3 Å². The molecule has 1 aliphatic heterocycles. The molecule has 3 aliphatic rings. The molecular formula is C27H31N2O+. The van der Waals surface area contributed by atoms with E-state index in [1.54, 1.807) is 5.57 Å². The molecule has 1 saturated carbocycles. The van der Waals surface area contributed by atoms with Crippen molar-refractivity contribution >= 4 is 12.1 Å². The monoisotopic (exact) mass is 399 g/mol. The molecule has 1 unspecified atom stereocenters. The second-order valence-electron chi connectivity index (χ2n) is 9.72. The molecule has 2 aliphatic carbocycles. The highest BCUT2D eigenvalue weighted by Crippen LogP contribution is 2.53. The third kappa shape index (κ3) is 2.86. The molecule has 0 N–H and O–H groups in total. The average molecular weight is 400 g/mol. The number of allylic oxidation sites excluding steroid dienone is 2. The molecular weight excluding hydrogens is 368 g/mol. The molecule has 2 bridgehead atoms. The third-order valence-electron chi connectivity index (χ3n) is 7.80. The Morgan fingerprint density at radius 1 is 1.07 bits per heavy atom. The zero-order valence-electron chi connectivity index (χ0n) is 18.2. The van der Waals surface area contributed by atoms with Crippen molar-refractivity contribution in [3.05, 3.63) is 83.4 Å². The van der Waals surface area contributed by atoms with Gasteiger partial charge in [0.05, 0.1) is 5.41 Å². The highest BCUT2D eigenvalue weighted by molar-refractivity contribution is 5.85. The minimum Gasteiger partial charge on any atom is -0.280 e. The molecule has 154 valence electrons. The first kappa shape index (κ1) is 19.3. The Hall–Kier alpha value is -2.68. The summed E-state index contributed by atoms with van der Waals surface area (Å²) in [4.78, 5) is 15.3. The van der Waals surface area contributed by atoms with Gasteiger partial charge in [0.2, 0.25) is 11.7 Å². The maximum atomic E-state index is 13.4. The highest BCUT2D eigenvalue weighted by Gasteiger charge is 2.58. The normalized spacial score (nSPS) is 30.9. The maximum absolute atomic E-state index is 13.4. The van der Waals surface area contributed by atoms with Crippen molar-refractivity contribution in [1.29, 1.82) is 0 Å². The second-order valence-corrected chi connectivity index (χ2v) is 9.72. The Balaban J connectivity index is 1.64. The largest absolute Gasteiger partial charge is 0.296 e. The number of carbonyl (C=O) groups is 1. The lowest BCUT2D eigenvalue weighted by molar-refractivity contribution is -0.618. The van der Waals surface area contributed by atoms with Gasteiger partial charge in [-0.2, -0.15) is 0 Å². The van der Waals surface area contributed by atoms with Crippen LogP contribution < -0.4 is 0 Å². The zero-order chi connectivity index (χ0) is 20.9. The van der Waals surface area contributed by atoms with Crippen LogP contribution in [-0.4, -0.2) is 40.3 Å². The summed E-state index contributed by atoms with van der Waals surface area (Å²) in [5.74, 6) is 0.801. The highest BCUT2D eigenvalue weighted by atomic mass is 16.2. The minimum absolute atomic E-state index is 0.0248. The average Bonchev–Trinajstić information content (AvgIpc) is 3.41. The molecule has 3 heteroatoms. The minimum atomic E-state index is -0.353. The van der Waals surface area contributed by atoms with E-state index >= 15 is 0 Å². The summed E-state index contributed by atoms with van der Waals surface area (Å²) in [6, 6.07) is 21.2. The summed E-state index contributed by atoms with van der Waals surface area (Å²) in [7, 11) is 1.95. The predicted molar refractivity (Wildman–Crippen MR) is 121 cm³/mol. The fourth-order valence-electron chi connectivity index (χ4n) is 5.85. The zero-order valence-corrected chi connectivity index (χ0v) is 18.2. The molecule has 1 saturated heterocycles. The van der Waals surface area contributed by atoms with Crippen molar-refractivity contribution in [3.8, 4) is 0 Å². The Morgan fingerprint density at radius 2 is 1.73 bits per heavy atom. The predicted octanol–water partition coefficient (Wildman–Crippen LogP) is 4.57. The summed E-state index contributed by atoms with van der Waals surface area (Å²) < 4.78 is 2.39. The summed E-state index contributed by atoms with van der Waals surface area (Å²) in [6.07, 6.45) is 9.04. The number of fused-ring (bicyclic) bond motifs is 2. The first-order valence-corrected chi connectivity index (χ1v) is 11.1. The van der Waals surface area contributed by atoms with Crippen molar-refractivity contribution in [2.24, 2.45) is 5.92 Å². The molecule has 1 amide bonds. The van der Waals surface area contributed by atoms with Gasteiger partial charge in [-0.05, 0) is 36.3 Å². The molecule has 3 atom stereocenters. The van der Waals surface area contributed by atoms with E-state index in [2.05, 4.69) is 85.3 Å². The first-order valence-electron chi connectivity index (χ1n) is 11.1. The van der Waals surface area contributed by atoms with Gasteiger partial charge >= 0.3 is 0 Å². The Kier molecular flexibility index (Phi) is 4.46. The van der Waals surface area contributed by atoms with E-state index in [0.29, 0.717) is 5.92 Å². The van der Waals surface area contributed by atoms with E-state index in [0.717, 1.165) is 19.3 Å². The molecule has 30 heavy (non-hydrogen) atoms. The number of nitrogens with zero attached hydrogens (tertiary/aromatic N) is 2. The van der Waals surface area contributed by atoms with E-state index in [1.807, 2.05) is 18.0 Å². The standard InChI is InChI=1S/C27H31N2O/c1-26(2)28(3)25(30)24(17-20-10-6-4-7-11-20)29(26)19-27(22-12-8-5-9-13-22)18-21-14-15-23(27)16-21/h4-14,19,23-24H,15-18H2,1-3H3/q+1/b29-19+/t23-,24?,27-/m0/s1. The Morgan fingerprint density at radius 3 is 2.33 bits per heavy atom. The molecule has 2 aromatic rings. The van der Waals surface area contributed by atoms with E-state index in [4.69, 9.17) is 0 Å². The van der Waals surface area contributed by atoms with Crippen LogP contribution in [0.25, 0.3) is 0 Å². The van der Waals surface area contributed by atoms with Gasteiger partial charge in [-0.1, -0.05) is 72.3 Å². The number of rotatable bonds is 4. The second kappa shape index (κ2) is 6.94. The summed E-state index contributed by atoms with van der Waals surface area (Å²) in [5.41, 5.74) is 3.80. The van der Waals surface area contributed by atoms with E-state index < -0.39 is 0 Å². The van der Waals surface area contributed by atoms with Crippen LogP contribution in [-0.2, 0) is 16.6 Å². The van der Waals surface area contributed by atoms with Crippen LogP contribution in [0.3, 0.4) is 0 Å². The number of hydrogen-bond donors (Lipinski definition) is 0. The number of benzene rings is 2. The van der Waals surface area contributed by atoms with E-state index in [-0.39, 0.29) is 23.0 Å². The molecule has 5 rings (SSSR count). The lowest BCUT2D eigenvalue weighted by Gasteiger charge is -2.33. The van der Waals surface area contributed by atoms with Crippen LogP contribution in [0.15, 0.2) is 72.3 Å². The van der Waals surface area contributed by atoms with Gasteiger partial charge in [0, 0.05) is 27.3 Å². The van der Waals surface area contributed by atoms with Crippen LogP contribution in [0.2, 0.25) is 0 Å². The molecule has 2 aromatic carbocycles. The summed E-state index contributed by atoms with van der Waals surface area (Å²) in [6.45, 7) is 4.36. The van der Waals surface area contributed by atoms with Crippen LogP contribution in [0.1, 0.15) is 44.2 Å².